The molecule has 0 aliphatic carbocycles. The first-order valence-electron chi connectivity index (χ1n) is 10.1. The van der Waals surface area contributed by atoms with Crippen molar-refractivity contribution >= 4 is 23.6 Å². The second kappa shape index (κ2) is 9.20. The van der Waals surface area contributed by atoms with Gasteiger partial charge in [-0.3, -0.25) is 10.1 Å². The van der Waals surface area contributed by atoms with Crippen LogP contribution < -0.4 is 15.1 Å². The minimum absolute atomic E-state index is 0.0460. The molecule has 0 bridgehead atoms. The van der Waals surface area contributed by atoms with E-state index in [0.29, 0.717) is 64.4 Å². The zero-order valence-electron chi connectivity index (χ0n) is 17.4. The Kier molecular flexibility index (Phi) is 6.37. The second-order valence-electron chi connectivity index (χ2n) is 7.25. The number of nitrogens with one attached hydrogen (secondary N) is 1. The average Bonchev–Trinajstić information content (AvgIpc) is 2.79. The van der Waals surface area contributed by atoms with Crippen LogP contribution in [-0.2, 0) is 20.4 Å². The summed E-state index contributed by atoms with van der Waals surface area (Å²) in [6.45, 7) is 5.27. The molecule has 0 aromatic carbocycles. The van der Waals surface area contributed by atoms with Crippen LogP contribution in [-0.4, -0.2) is 78.4 Å². The van der Waals surface area contributed by atoms with Gasteiger partial charge in [-0.1, -0.05) is 0 Å². The Hall–Kier alpha value is -3.06. The summed E-state index contributed by atoms with van der Waals surface area (Å²) in [5, 5.41) is 2.18. The number of anilines is 3. The molecule has 0 atom stereocenters. The molecular formula is C19H22F3N7O3. The largest absolute Gasteiger partial charge is 0.434 e. The number of halogens is 3. The van der Waals surface area contributed by atoms with Gasteiger partial charge >= 0.3 is 6.18 Å². The number of morpholine rings is 2. The van der Waals surface area contributed by atoms with Gasteiger partial charge in [-0.2, -0.15) is 18.2 Å². The van der Waals surface area contributed by atoms with Crippen LogP contribution in [0.15, 0.2) is 12.3 Å². The fourth-order valence-corrected chi connectivity index (χ4v) is 3.42. The maximum atomic E-state index is 13.9. The van der Waals surface area contributed by atoms with Crippen LogP contribution in [0.1, 0.15) is 12.6 Å². The van der Waals surface area contributed by atoms with Crippen molar-refractivity contribution in [2.24, 2.45) is 0 Å². The van der Waals surface area contributed by atoms with Crippen LogP contribution in [0.5, 0.6) is 0 Å². The summed E-state index contributed by atoms with van der Waals surface area (Å²) in [6.07, 6.45) is -3.76. The lowest BCUT2D eigenvalue weighted by molar-refractivity contribution is -0.140. The number of hydrogen-bond acceptors (Lipinski definition) is 9. The SMILES string of the molecule is CC(=O)Nc1ncc(-c2cc(N3CCOCC3)nc(N3CCOCC3)n2)c(C(F)(F)F)n1. The molecule has 0 spiro atoms. The average molecular weight is 453 g/mol. The van der Waals surface area contributed by atoms with Gasteiger partial charge in [0.2, 0.25) is 17.8 Å². The molecule has 1 amide bonds. The van der Waals surface area contributed by atoms with Gasteiger partial charge in [0.05, 0.1) is 32.1 Å². The minimum Gasteiger partial charge on any atom is -0.378 e. The fourth-order valence-electron chi connectivity index (χ4n) is 3.42. The molecule has 4 heterocycles. The molecule has 172 valence electrons. The van der Waals surface area contributed by atoms with E-state index in [9.17, 15) is 18.0 Å². The first-order chi connectivity index (χ1) is 15.3. The van der Waals surface area contributed by atoms with Crippen LogP contribution in [0.2, 0.25) is 0 Å². The number of carbonyl (C=O) groups is 1. The topological polar surface area (TPSA) is 106 Å². The summed E-state index contributed by atoms with van der Waals surface area (Å²) in [7, 11) is 0. The lowest BCUT2D eigenvalue weighted by Gasteiger charge is -2.31. The Balaban J connectivity index is 1.81. The highest BCUT2D eigenvalue weighted by molar-refractivity contribution is 5.86. The highest BCUT2D eigenvalue weighted by Crippen LogP contribution is 2.36. The smallest absolute Gasteiger partial charge is 0.378 e. The Bertz CT molecular complexity index is 941. The summed E-state index contributed by atoms with van der Waals surface area (Å²) in [6, 6.07) is 1.50. The third-order valence-corrected chi connectivity index (χ3v) is 4.95. The number of aromatic nitrogens is 4. The van der Waals surface area contributed by atoms with Gasteiger partial charge in [-0.05, 0) is 0 Å². The first-order valence-corrected chi connectivity index (χ1v) is 10.1. The Morgan fingerprint density at radius 1 is 1.00 bits per heavy atom. The monoisotopic (exact) mass is 453 g/mol. The van der Waals surface area contributed by atoms with Crippen LogP contribution in [0, 0.1) is 0 Å². The lowest BCUT2D eigenvalue weighted by atomic mass is 10.1. The molecule has 2 aliphatic rings. The second-order valence-corrected chi connectivity index (χ2v) is 7.25. The van der Waals surface area contributed by atoms with Crippen molar-refractivity contribution in [2.75, 3.05) is 67.7 Å². The van der Waals surface area contributed by atoms with Crippen molar-refractivity contribution < 1.29 is 27.4 Å². The minimum atomic E-state index is -4.78. The fraction of sp³-hybridized carbons (Fsp3) is 0.526. The van der Waals surface area contributed by atoms with Gasteiger partial charge in [0, 0.05) is 50.9 Å². The van der Waals surface area contributed by atoms with Gasteiger partial charge in [0.15, 0.2) is 5.69 Å². The van der Waals surface area contributed by atoms with E-state index in [2.05, 4.69) is 25.3 Å². The van der Waals surface area contributed by atoms with E-state index in [1.165, 1.54) is 6.07 Å². The predicted octanol–water partition coefficient (Wildman–Crippen LogP) is 1.58. The van der Waals surface area contributed by atoms with Crippen molar-refractivity contribution in [1.82, 2.24) is 19.9 Å². The number of amides is 1. The number of nitrogens with zero attached hydrogens (tertiary/aromatic N) is 6. The quantitative estimate of drug-likeness (QED) is 0.739. The van der Waals surface area contributed by atoms with E-state index in [1.807, 2.05) is 9.80 Å². The van der Waals surface area contributed by atoms with E-state index in [-0.39, 0.29) is 11.3 Å². The van der Waals surface area contributed by atoms with Crippen molar-refractivity contribution in [1.29, 1.82) is 0 Å². The molecule has 0 radical (unpaired) electrons. The molecular weight excluding hydrogens is 431 g/mol. The zero-order chi connectivity index (χ0) is 22.7. The molecule has 2 aliphatic heterocycles. The first kappa shape index (κ1) is 22.1. The van der Waals surface area contributed by atoms with Crippen LogP contribution in [0.4, 0.5) is 30.9 Å². The van der Waals surface area contributed by atoms with Crippen LogP contribution in [0.25, 0.3) is 11.3 Å². The maximum Gasteiger partial charge on any atom is 0.434 e. The van der Waals surface area contributed by atoms with Crippen molar-refractivity contribution in [2.45, 2.75) is 13.1 Å². The van der Waals surface area contributed by atoms with Crippen molar-refractivity contribution in [3.05, 3.63) is 18.0 Å². The molecule has 2 fully saturated rings. The summed E-state index contributed by atoms with van der Waals surface area (Å²) in [5.41, 5.74) is -1.43. The van der Waals surface area contributed by atoms with Crippen LogP contribution >= 0.6 is 0 Å². The number of hydrogen-bond donors (Lipinski definition) is 1. The summed E-state index contributed by atoms with van der Waals surface area (Å²) >= 11 is 0. The van der Waals surface area contributed by atoms with Gasteiger partial charge in [-0.25, -0.2) is 15.0 Å². The molecule has 10 nitrogen and oxygen atoms in total. The molecule has 0 unspecified atom stereocenters. The highest BCUT2D eigenvalue weighted by atomic mass is 19.4. The molecule has 2 saturated heterocycles. The highest BCUT2D eigenvalue weighted by Gasteiger charge is 2.37. The standard InChI is InChI=1S/C19H22F3N7O3/c1-12(30)24-17-23-11-13(16(27-17)19(20,21)22)14-10-15(28-2-6-31-7-3-28)26-18(25-14)29-4-8-32-9-5-29/h10-11H,2-9H2,1H3,(H,23,24,27,30). The van der Waals surface area contributed by atoms with E-state index in [1.54, 1.807) is 0 Å². The van der Waals surface area contributed by atoms with Crippen LogP contribution in [0.3, 0.4) is 0 Å². The van der Waals surface area contributed by atoms with Crippen molar-refractivity contribution in [3.8, 4) is 11.3 Å². The van der Waals surface area contributed by atoms with Crippen molar-refractivity contribution in [3.63, 3.8) is 0 Å². The lowest BCUT2D eigenvalue weighted by Crippen LogP contribution is -2.39. The molecule has 4 rings (SSSR count). The summed E-state index contributed by atoms with van der Waals surface area (Å²) in [4.78, 5) is 31.5. The molecule has 2 aromatic heterocycles. The Morgan fingerprint density at radius 2 is 1.62 bits per heavy atom. The Labute approximate surface area is 181 Å². The molecule has 13 heteroatoms. The van der Waals surface area contributed by atoms with Gasteiger partial charge in [-0.15, -0.1) is 0 Å². The van der Waals surface area contributed by atoms with Gasteiger partial charge < -0.3 is 19.3 Å². The van der Waals surface area contributed by atoms with Gasteiger partial charge in [0.25, 0.3) is 0 Å². The summed E-state index contributed by atoms with van der Waals surface area (Å²) in [5.74, 6) is -0.188. The zero-order valence-corrected chi connectivity index (χ0v) is 17.4. The number of rotatable bonds is 4. The number of carbonyl (C=O) groups excluding carboxylic acids is 1. The van der Waals surface area contributed by atoms with Gasteiger partial charge in [0.1, 0.15) is 5.82 Å². The van der Waals surface area contributed by atoms with E-state index < -0.39 is 23.7 Å². The van der Waals surface area contributed by atoms with E-state index in [4.69, 9.17) is 9.47 Å². The third-order valence-electron chi connectivity index (χ3n) is 4.95. The number of alkyl halides is 3. The van der Waals surface area contributed by atoms with E-state index >= 15 is 0 Å². The Morgan fingerprint density at radius 3 is 2.22 bits per heavy atom. The molecule has 1 N–H and O–H groups in total. The maximum absolute atomic E-state index is 13.9. The van der Waals surface area contributed by atoms with E-state index in [0.717, 1.165) is 13.1 Å². The molecule has 32 heavy (non-hydrogen) atoms. The predicted molar refractivity (Wildman–Crippen MR) is 108 cm³/mol. The molecule has 0 saturated carbocycles. The normalized spacial score (nSPS) is 17.4. The molecule has 2 aromatic rings. The summed E-state index contributed by atoms with van der Waals surface area (Å²) < 4.78 is 52.3. The number of ether oxygens (including phenoxy) is 2. The third kappa shape index (κ3) is 5.05.